The number of carboxylic acid groups (broad SMARTS) is 1. The number of carboxylic acids is 1. The van der Waals surface area contributed by atoms with Crippen LogP contribution in [0.4, 0.5) is 0 Å². The first-order valence-electron chi connectivity index (χ1n) is 6.93. The molecule has 0 aliphatic carbocycles. The first kappa shape index (κ1) is 15.5. The third-order valence-corrected chi connectivity index (χ3v) is 3.08. The standard InChI is InChI=1S/C16H24O3/c1-12(2)11-13(3)14-6-8-15(9-7-14)19-10-4-5-16(17)18/h6-9,12-13H,4-5,10-11H2,1-3H3,(H,17,18). The van der Waals surface area contributed by atoms with Gasteiger partial charge in [0, 0.05) is 6.42 Å². The molecular weight excluding hydrogens is 240 g/mol. The van der Waals surface area contributed by atoms with E-state index >= 15 is 0 Å². The van der Waals surface area contributed by atoms with Crippen LogP contribution < -0.4 is 4.74 Å². The Kier molecular flexibility index (Phi) is 6.40. The van der Waals surface area contributed by atoms with E-state index in [4.69, 9.17) is 9.84 Å². The Labute approximate surface area is 115 Å². The van der Waals surface area contributed by atoms with Gasteiger partial charge in [-0.15, -0.1) is 0 Å². The van der Waals surface area contributed by atoms with Crippen LogP contribution in [0.1, 0.15) is 51.5 Å². The van der Waals surface area contributed by atoms with Gasteiger partial charge in [-0.25, -0.2) is 0 Å². The summed E-state index contributed by atoms with van der Waals surface area (Å²) in [6.07, 6.45) is 1.88. The Morgan fingerprint density at radius 3 is 2.37 bits per heavy atom. The summed E-state index contributed by atoms with van der Waals surface area (Å²) < 4.78 is 5.51. The average molecular weight is 264 g/mol. The largest absolute Gasteiger partial charge is 0.494 e. The van der Waals surface area contributed by atoms with Crippen LogP contribution in [0, 0.1) is 5.92 Å². The molecule has 1 unspecified atom stereocenters. The predicted molar refractivity (Wildman–Crippen MR) is 76.7 cm³/mol. The maximum Gasteiger partial charge on any atom is 0.303 e. The number of carbonyl (C=O) groups is 1. The van der Waals surface area contributed by atoms with Crippen molar-refractivity contribution >= 4 is 5.97 Å². The molecule has 0 radical (unpaired) electrons. The normalized spacial score (nSPS) is 12.4. The molecule has 0 saturated heterocycles. The van der Waals surface area contributed by atoms with Crippen molar-refractivity contribution in [3.63, 3.8) is 0 Å². The minimum Gasteiger partial charge on any atom is -0.494 e. The maximum atomic E-state index is 10.4. The minimum atomic E-state index is -0.776. The molecule has 0 bridgehead atoms. The first-order chi connectivity index (χ1) is 8.99. The van der Waals surface area contributed by atoms with Gasteiger partial charge in [0.15, 0.2) is 0 Å². The molecule has 0 aliphatic heterocycles. The quantitative estimate of drug-likeness (QED) is 0.720. The highest BCUT2D eigenvalue weighted by atomic mass is 16.5. The van der Waals surface area contributed by atoms with Gasteiger partial charge in [-0.3, -0.25) is 4.79 Å². The summed E-state index contributed by atoms with van der Waals surface area (Å²) in [6.45, 7) is 7.16. The zero-order chi connectivity index (χ0) is 14.3. The zero-order valence-electron chi connectivity index (χ0n) is 12.1. The van der Waals surface area contributed by atoms with Crippen LogP contribution in [0.3, 0.4) is 0 Å². The molecule has 1 aromatic rings. The monoisotopic (exact) mass is 264 g/mol. The van der Waals surface area contributed by atoms with E-state index in [0.29, 0.717) is 24.9 Å². The van der Waals surface area contributed by atoms with Crippen molar-refractivity contribution in [3.8, 4) is 5.75 Å². The summed E-state index contributed by atoms with van der Waals surface area (Å²) in [5.41, 5.74) is 1.33. The Morgan fingerprint density at radius 2 is 1.84 bits per heavy atom. The Hall–Kier alpha value is -1.51. The first-order valence-corrected chi connectivity index (χ1v) is 6.93. The van der Waals surface area contributed by atoms with Gasteiger partial charge < -0.3 is 9.84 Å². The van der Waals surface area contributed by atoms with E-state index < -0.39 is 5.97 Å². The Morgan fingerprint density at radius 1 is 1.21 bits per heavy atom. The van der Waals surface area contributed by atoms with Crippen molar-refractivity contribution in [2.45, 2.75) is 46.0 Å². The SMILES string of the molecule is CC(C)CC(C)c1ccc(OCCCC(=O)O)cc1. The van der Waals surface area contributed by atoms with Crippen molar-refractivity contribution < 1.29 is 14.6 Å². The van der Waals surface area contributed by atoms with Gasteiger partial charge in [-0.05, 0) is 42.4 Å². The predicted octanol–water partition coefficient (Wildman–Crippen LogP) is 4.08. The topological polar surface area (TPSA) is 46.5 Å². The molecule has 0 heterocycles. The summed E-state index contributed by atoms with van der Waals surface area (Å²) in [4.78, 5) is 10.4. The molecule has 0 amide bonds. The van der Waals surface area contributed by atoms with Gasteiger partial charge in [-0.2, -0.15) is 0 Å². The lowest BCUT2D eigenvalue weighted by Crippen LogP contribution is -2.02. The van der Waals surface area contributed by atoms with Crippen molar-refractivity contribution in [1.82, 2.24) is 0 Å². The molecule has 0 saturated carbocycles. The minimum absolute atomic E-state index is 0.156. The van der Waals surface area contributed by atoms with Crippen LogP contribution in [0.15, 0.2) is 24.3 Å². The molecule has 1 aromatic carbocycles. The van der Waals surface area contributed by atoms with Crippen LogP contribution >= 0.6 is 0 Å². The summed E-state index contributed by atoms with van der Waals surface area (Å²) in [5.74, 6) is 1.29. The number of rotatable bonds is 8. The number of benzene rings is 1. The highest BCUT2D eigenvalue weighted by molar-refractivity contribution is 5.66. The van der Waals surface area contributed by atoms with E-state index in [1.807, 2.05) is 12.1 Å². The number of aliphatic carboxylic acids is 1. The van der Waals surface area contributed by atoms with Crippen LogP contribution in [0.2, 0.25) is 0 Å². The molecule has 3 heteroatoms. The van der Waals surface area contributed by atoms with Gasteiger partial charge in [0.25, 0.3) is 0 Å². The van der Waals surface area contributed by atoms with E-state index in [1.165, 1.54) is 12.0 Å². The van der Waals surface area contributed by atoms with Crippen molar-refractivity contribution in [1.29, 1.82) is 0 Å². The fraction of sp³-hybridized carbons (Fsp3) is 0.562. The van der Waals surface area contributed by atoms with Crippen LogP contribution in [0.5, 0.6) is 5.75 Å². The third-order valence-electron chi connectivity index (χ3n) is 3.08. The molecule has 1 N–H and O–H groups in total. The molecule has 0 aromatic heterocycles. The zero-order valence-corrected chi connectivity index (χ0v) is 12.1. The highest BCUT2D eigenvalue weighted by Crippen LogP contribution is 2.24. The number of hydrogen-bond donors (Lipinski definition) is 1. The van der Waals surface area contributed by atoms with Crippen LogP contribution in [-0.2, 0) is 4.79 Å². The smallest absolute Gasteiger partial charge is 0.303 e. The molecule has 1 rings (SSSR count). The molecular formula is C16H24O3. The van der Waals surface area contributed by atoms with Gasteiger partial charge in [-0.1, -0.05) is 32.9 Å². The molecule has 3 nitrogen and oxygen atoms in total. The number of ether oxygens (including phenoxy) is 1. The van der Waals surface area contributed by atoms with Crippen molar-refractivity contribution in [3.05, 3.63) is 29.8 Å². The van der Waals surface area contributed by atoms with Gasteiger partial charge >= 0.3 is 5.97 Å². The Balaban J connectivity index is 2.41. The number of hydrogen-bond acceptors (Lipinski definition) is 2. The summed E-state index contributed by atoms with van der Waals surface area (Å²) in [7, 11) is 0. The highest BCUT2D eigenvalue weighted by Gasteiger charge is 2.07. The fourth-order valence-electron chi connectivity index (χ4n) is 2.15. The molecule has 1 atom stereocenters. The lowest BCUT2D eigenvalue weighted by Gasteiger charge is -2.15. The fourth-order valence-corrected chi connectivity index (χ4v) is 2.15. The van der Waals surface area contributed by atoms with E-state index in [-0.39, 0.29) is 6.42 Å². The van der Waals surface area contributed by atoms with Gasteiger partial charge in [0.05, 0.1) is 6.61 Å². The van der Waals surface area contributed by atoms with Crippen molar-refractivity contribution in [2.75, 3.05) is 6.61 Å². The summed E-state index contributed by atoms with van der Waals surface area (Å²) in [6, 6.07) is 8.12. The van der Waals surface area contributed by atoms with E-state index in [1.54, 1.807) is 0 Å². The summed E-state index contributed by atoms with van der Waals surface area (Å²) in [5, 5.41) is 8.52. The molecule has 19 heavy (non-hydrogen) atoms. The second-order valence-corrected chi connectivity index (χ2v) is 5.45. The van der Waals surface area contributed by atoms with E-state index in [0.717, 1.165) is 5.75 Å². The maximum absolute atomic E-state index is 10.4. The molecule has 0 aliphatic rings. The molecule has 0 fully saturated rings. The van der Waals surface area contributed by atoms with Gasteiger partial charge in [0.2, 0.25) is 0 Å². The lowest BCUT2D eigenvalue weighted by atomic mass is 9.92. The second-order valence-electron chi connectivity index (χ2n) is 5.45. The Bertz CT molecular complexity index is 381. The average Bonchev–Trinajstić information content (AvgIpc) is 2.34. The van der Waals surface area contributed by atoms with E-state index in [2.05, 4.69) is 32.9 Å². The second kappa shape index (κ2) is 7.82. The van der Waals surface area contributed by atoms with Crippen LogP contribution in [-0.4, -0.2) is 17.7 Å². The molecule has 0 spiro atoms. The third kappa shape index (κ3) is 6.27. The lowest BCUT2D eigenvalue weighted by molar-refractivity contribution is -0.137. The van der Waals surface area contributed by atoms with E-state index in [9.17, 15) is 4.79 Å². The van der Waals surface area contributed by atoms with Crippen molar-refractivity contribution in [2.24, 2.45) is 5.92 Å². The van der Waals surface area contributed by atoms with Crippen LogP contribution in [0.25, 0.3) is 0 Å². The summed E-state index contributed by atoms with van der Waals surface area (Å²) >= 11 is 0. The van der Waals surface area contributed by atoms with Gasteiger partial charge in [0.1, 0.15) is 5.75 Å². The molecule has 106 valence electrons.